The Kier molecular flexibility index (Phi) is 3.18. The molecule has 1 aliphatic rings. The van der Waals surface area contributed by atoms with Crippen LogP contribution in [0.1, 0.15) is 48.5 Å². The highest BCUT2D eigenvalue weighted by Crippen LogP contribution is 2.49. The summed E-state index contributed by atoms with van der Waals surface area (Å²) in [7, 11) is 0. The molecule has 3 aromatic rings. The number of alkyl halides is 2. The van der Waals surface area contributed by atoms with Crippen molar-refractivity contribution in [3.63, 3.8) is 0 Å². The Morgan fingerprint density at radius 3 is 2.84 bits per heavy atom. The molecule has 0 saturated carbocycles. The van der Waals surface area contributed by atoms with Gasteiger partial charge in [-0.1, -0.05) is 0 Å². The van der Waals surface area contributed by atoms with E-state index in [0.717, 1.165) is 5.69 Å². The SMILES string of the molecule is Cc1cc2ncc3c(n2n1)C(C)(c1ccn(C(F)F)n1)CC3C(=O)O. The van der Waals surface area contributed by atoms with Crippen LogP contribution < -0.4 is 0 Å². The number of carboxylic acid groups (broad SMARTS) is 1. The number of aliphatic carboxylic acids is 1. The number of rotatable bonds is 3. The lowest BCUT2D eigenvalue weighted by Gasteiger charge is -2.23. The third-order valence-electron chi connectivity index (χ3n) is 4.82. The van der Waals surface area contributed by atoms with E-state index in [0.29, 0.717) is 27.3 Å². The maximum absolute atomic E-state index is 12.9. The fourth-order valence-electron chi connectivity index (χ4n) is 3.67. The van der Waals surface area contributed by atoms with Gasteiger partial charge < -0.3 is 5.11 Å². The zero-order valence-electron chi connectivity index (χ0n) is 13.5. The molecule has 0 amide bonds. The van der Waals surface area contributed by atoms with Crippen LogP contribution in [0.25, 0.3) is 5.65 Å². The van der Waals surface area contributed by atoms with Crippen LogP contribution in [0.2, 0.25) is 0 Å². The molecule has 2 atom stereocenters. The number of carbonyl (C=O) groups is 1. The summed E-state index contributed by atoms with van der Waals surface area (Å²) in [4.78, 5) is 16.0. The van der Waals surface area contributed by atoms with Gasteiger partial charge in [-0.15, -0.1) is 0 Å². The normalized spacial score (nSPS) is 22.7. The lowest BCUT2D eigenvalue weighted by Crippen LogP contribution is -2.25. The number of hydrogen-bond donors (Lipinski definition) is 1. The third kappa shape index (κ3) is 2.15. The van der Waals surface area contributed by atoms with Crippen molar-refractivity contribution in [2.75, 3.05) is 0 Å². The predicted molar refractivity (Wildman–Crippen MR) is 82.7 cm³/mol. The number of fused-ring (bicyclic) bond motifs is 3. The molecule has 4 rings (SSSR count). The molecule has 0 radical (unpaired) electrons. The first kappa shape index (κ1) is 15.7. The van der Waals surface area contributed by atoms with E-state index >= 15 is 0 Å². The summed E-state index contributed by atoms with van der Waals surface area (Å²) in [6, 6.07) is 3.29. The molecule has 1 aliphatic carbocycles. The first-order chi connectivity index (χ1) is 11.8. The van der Waals surface area contributed by atoms with E-state index in [2.05, 4.69) is 15.2 Å². The van der Waals surface area contributed by atoms with E-state index in [-0.39, 0.29) is 6.42 Å². The molecule has 7 nitrogen and oxygen atoms in total. The van der Waals surface area contributed by atoms with Gasteiger partial charge in [-0.05, 0) is 26.3 Å². The second kappa shape index (κ2) is 5.08. The number of nitrogens with zero attached hydrogens (tertiary/aromatic N) is 5. The Morgan fingerprint density at radius 2 is 2.20 bits per heavy atom. The lowest BCUT2D eigenvalue weighted by molar-refractivity contribution is -0.138. The minimum Gasteiger partial charge on any atom is -0.481 e. The largest absolute Gasteiger partial charge is 0.481 e. The molecular formula is C16H15F2N5O2. The van der Waals surface area contributed by atoms with Gasteiger partial charge in [-0.2, -0.15) is 19.0 Å². The summed E-state index contributed by atoms with van der Waals surface area (Å²) in [5, 5.41) is 18.0. The zero-order valence-corrected chi connectivity index (χ0v) is 13.5. The first-order valence-electron chi connectivity index (χ1n) is 7.73. The van der Waals surface area contributed by atoms with Crippen LogP contribution in [0, 0.1) is 6.92 Å². The summed E-state index contributed by atoms with van der Waals surface area (Å²) < 4.78 is 28.0. The number of carboxylic acids is 1. The van der Waals surface area contributed by atoms with Crippen molar-refractivity contribution in [2.45, 2.75) is 38.2 Å². The number of hydrogen-bond acceptors (Lipinski definition) is 4. The molecule has 0 aromatic carbocycles. The summed E-state index contributed by atoms with van der Waals surface area (Å²) >= 11 is 0. The highest BCUT2D eigenvalue weighted by molar-refractivity contribution is 5.79. The van der Waals surface area contributed by atoms with Gasteiger partial charge in [0, 0.05) is 24.0 Å². The van der Waals surface area contributed by atoms with Crippen LogP contribution >= 0.6 is 0 Å². The summed E-state index contributed by atoms with van der Waals surface area (Å²) in [5.74, 6) is -1.78. The van der Waals surface area contributed by atoms with E-state index in [1.54, 1.807) is 16.8 Å². The van der Waals surface area contributed by atoms with Gasteiger partial charge in [-0.25, -0.2) is 14.2 Å². The quantitative estimate of drug-likeness (QED) is 0.787. The summed E-state index contributed by atoms with van der Waals surface area (Å²) in [5.41, 5.74) is 2.02. The minimum atomic E-state index is -2.75. The minimum absolute atomic E-state index is 0.206. The average molecular weight is 347 g/mol. The van der Waals surface area contributed by atoms with Gasteiger partial charge in [0.25, 0.3) is 0 Å². The Hall–Kier alpha value is -2.84. The van der Waals surface area contributed by atoms with Gasteiger partial charge in [0.2, 0.25) is 0 Å². The van der Waals surface area contributed by atoms with Crippen LogP contribution in [0.15, 0.2) is 24.5 Å². The Labute approximate surface area is 140 Å². The monoisotopic (exact) mass is 347 g/mol. The molecule has 1 N–H and O–H groups in total. The molecule has 2 unspecified atom stereocenters. The lowest BCUT2D eigenvalue weighted by atomic mass is 9.83. The molecule has 25 heavy (non-hydrogen) atoms. The smallest absolute Gasteiger partial charge is 0.333 e. The Bertz CT molecular complexity index is 996. The molecule has 9 heteroatoms. The Balaban J connectivity index is 1.99. The maximum atomic E-state index is 12.9. The van der Waals surface area contributed by atoms with Crippen molar-refractivity contribution in [3.05, 3.63) is 47.2 Å². The third-order valence-corrected chi connectivity index (χ3v) is 4.82. The second-order valence-electron chi connectivity index (χ2n) is 6.50. The highest BCUT2D eigenvalue weighted by atomic mass is 19.3. The van der Waals surface area contributed by atoms with Crippen molar-refractivity contribution in [3.8, 4) is 0 Å². The molecule has 3 heterocycles. The van der Waals surface area contributed by atoms with Crippen molar-refractivity contribution < 1.29 is 18.7 Å². The van der Waals surface area contributed by atoms with E-state index in [1.807, 2.05) is 13.8 Å². The molecule has 3 aromatic heterocycles. The summed E-state index contributed by atoms with van der Waals surface area (Å²) in [6.45, 7) is 0.870. The van der Waals surface area contributed by atoms with Crippen LogP contribution in [0.5, 0.6) is 0 Å². The van der Waals surface area contributed by atoms with E-state index in [4.69, 9.17) is 0 Å². The van der Waals surface area contributed by atoms with Crippen molar-refractivity contribution in [1.82, 2.24) is 24.4 Å². The van der Waals surface area contributed by atoms with E-state index < -0.39 is 23.9 Å². The van der Waals surface area contributed by atoms with Gasteiger partial charge in [0.15, 0.2) is 5.65 Å². The van der Waals surface area contributed by atoms with Gasteiger partial charge in [0.1, 0.15) is 0 Å². The molecule has 0 saturated heterocycles. The number of aromatic nitrogens is 5. The van der Waals surface area contributed by atoms with Crippen molar-refractivity contribution in [2.24, 2.45) is 0 Å². The topological polar surface area (TPSA) is 85.3 Å². The fraction of sp³-hybridized carbons (Fsp3) is 0.375. The van der Waals surface area contributed by atoms with Crippen LogP contribution in [0.4, 0.5) is 8.78 Å². The van der Waals surface area contributed by atoms with Crippen LogP contribution in [-0.2, 0) is 10.2 Å². The summed E-state index contributed by atoms with van der Waals surface area (Å²) in [6.07, 6.45) is 2.95. The maximum Gasteiger partial charge on any atom is 0.333 e. The number of halogens is 2. The van der Waals surface area contributed by atoms with E-state index in [9.17, 15) is 18.7 Å². The van der Waals surface area contributed by atoms with Crippen molar-refractivity contribution >= 4 is 11.6 Å². The molecule has 0 spiro atoms. The molecular weight excluding hydrogens is 332 g/mol. The van der Waals surface area contributed by atoms with Gasteiger partial charge in [0.05, 0.1) is 28.4 Å². The first-order valence-corrected chi connectivity index (χ1v) is 7.73. The van der Waals surface area contributed by atoms with Crippen LogP contribution in [0.3, 0.4) is 0 Å². The number of aryl methyl sites for hydroxylation is 1. The molecule has 0 bridgehead atoms. The molecule has 130 valence electrons. The van der Waals surface area contributed by atoms with Gasteiger partial charge in [-0.3, -0.25) is 4.79 Å². The van der Waals surface area contributed by atoms with Crippen molar-refractivity contribution in [1.29, 1.82) is 0 Å². The standard InChI is InChI=1S/C16H15F2N5O2/c1-8-5-12-19-7-10-9(14(24)25)6-16(2,13(10)23(12)20-8)11-3-4-22(21-11)15(17)18/h3-5,7,9,15H,6H2,1-2H3,(H,24,25). The predicted octanol–water partition coefficient (Wildman–Crippen LogP) is 2.51. The molecule has 0 fully saturated rings. The fourth-order valence-corrected chi connectivity index (χ4v) is 3.67. The average Bonchev–Trinajstić information content (AvgIpc) is 3.22. The second-order valence-corrected chi connectivity index (χ2v) is 6.50. The highest BCUT2D eigenvalue weighted by Gasteiger charge is 2.48. The van der Waals surface area contributed by atoms with E-state index in [1.165, 1.54) is 12.3 Å². The zero-order chi connectivity index (χ0) is 17.9. The van der Waals surface area contributed by atoms with Gasteiger partial charge >= 0.3 is 12.5 Å². The Morgan fingerprint density at radius 1 is 1.44 bits per heavy atom. The molecule has 0 aliphatic heterocycles. The van der Waals surface area contributed by atoms with Crippen LogP contribution in [-0.4, -0.2) is 35.5 Å².